The minimum atomic E-state index is -0.333. The third-order valence-corrected chi connectivity index (χ3v) is 7.67. The van der Waals surface area contributed by atoms with Crippen LogP contribution in [0.4, 0.5) is 4.79 Å². The average molecular weight is 470 g/mol. The van der Waals surface area contributed by atoms with Crippen LogP contribution in [0.3, 0.4) is 0 Å². The topological polar surface area (TPSA) is 70.2 Å². The van der Waals surface area contributed by atoms with Crippen molar-refractivity contribution in [3.8, 4) is 5.75 Å². The second kappa shape index (κ2) is 10.1. The van der Waals surface area contributed by atoms with Gasteiger partial charge in [0.05, 0.1) is 0 Å². The summed E-state index contributed by atoms with van der Waals surface area (Å²) < 4.78 is 5.64. The quantitative estimate of drug-likeness (QED) is 0.442. The lowest BCUT2D eigenvalue weighted by Crippen LogP contribution is -2.46. The summed E-state index contributed by atoms with van der Waals surface area (Å²) in [6.07, 6.45) is 6.73. The van der Waals surface area contributed by atoms with Gasteiger partial charge in [-0.25, -0.2) is 4.79 Å². The molecule has 0 bridgehead atoms. The summed E-state index contributed by atoms with van der Waals surface area (Å²) in [7, 11) is 3.40. The van der Waals surface area contributed by atoms with Crippen molar-refractivity contribution in [2.24, 2.45) is 5.41 Å². The van der Waals surface area contributed by atoms with Crippen LogP contribution in [0.1, 0.15) is 75.8 Å². The lowest BCUT2D eigenvalue weighted by Gasteiger charge is -2.35. The Morgan fingerprint density at radius 3 is 2.47 bits per heavy atom. The molecule has 1 aromatic carbocycles. The van der Waals surface area contributed by atoms with Gasteiger partial charge < -0.3 is 9.64 Å². The van der Waals surface area contributed by atoms with Gasteiger partial charge in [-0.3, -0.25) is 19.4 Å². The van der Waals surface area contributed by atoms with Gasteiger partial charge in [0.2, 0.25) is 11.8 Å². The summed E-state index contributed by atoms with van der Waals surface area (Å²) >= 11 is 0. The molecule has 2 fully saturated rings. The number of nitrogens with zero attached hydrogens (tertiary/aromatic N) is 3. The van der Waals surface area contributed by atoms with Crippen molar-refractivity contribution in [3.05, 3.63) is 29.3 Å². The van der Waals surface area contributed by atoms with E-state index in [1.54, 1.807) is 14.1 Å². The van der Waals surface area contributed by atoms with Crippen molar-refractivity contribution in [2.75, 3.05) is 33.7 Å². The Morgan fingerprint density at radius 2 is 1.76 bits per heavy atom. The maximum atomic E-state index is 12.3. The van der Waals surface area contributed by atoms with Crippen molar-refractivity contribution < 1.29 is 19.1 Å². The fourth-order valence-electron chi connectivity index (χ4n) is 5.93. The normalized spacial score (nSPS) is 24.1. The van der Waals surface area contributed by atoms with E-state index in [1.807, 2.05) is 26.0 Å². The molecule has 2 saturated heterocycles. The molecule has 0 aromatic heterocycles. The Morgan fingerprint density at radius 1 is 1.06 bits per heavy atom. The lowest BCUT2D eigenvalue weighted by atomic mass is 9.79. The van der Waals surface area contributed by atoms with Gasteiger partial charge in [-0.15, -0.1) is 0 Å². The maximum absolute atomic E-state index is 12.3. The Labute approximate surface area is 203 Å². The summed E-state index contributed by atoms with van der Waals surface area (Å²) in [5.41, 5.74) is 2.33. The Kier molecular flexibility index (Phi) is 7.31. The van der Waals surface area contributed by atoms with Crippen molar-refractivity contribution in [1.82, 2.24) is 14.7 Å². The molecule has 3 amide bonds. The number of carbonyl (C=O) groups excluding carboxylic acids is 3. The number of hydrogen-bond donors (Lipinski definition) is 0. The Balaban J connectivity index is 1.26. The molecule has 3 aliphatic rings. The molecule has 2 heterocycles. The van der Waals surface area contributed by atoms with E-state index in [4.69, 9.17) is 4.74 Å². The van der Waals surface area contributed by atoms with Crippen LogP contribution in [0.5, 0.6) is 5.75 Å². The van der Waals surface area contributed by atoms with E-state index in [9.17, 15) is 14.4 Å². The van der Waals surface area contributed by atoms with Crippen LogP contribution in [-0.2, 0) is 16.0 Å². The van der Waals surface area contributed by atoms with Crippen LogP contribution in [-0.4, -0.2) is 72.4 Å². The number of piperidine rings is 1. The highest BCUT2D eigenvalue weighted by atomic mass is 16.6. The standard InChI is InChI=1S/C27H39N3O4/c1-27(2)17-24(31)30(25(32)18-27)15-7-5-6-14-29-16-13-20-19-9-8-10-23(34-26(33)28(3)4)21(19)11-12-22(20)29/h8-10,20,22H,5-7,11-18H2,1-4H3. The van der Waals surface area contributed by atoms with Crippen molar-refractivity contribution in [3.63, 3.8) is 0 Å². The molecule has 7 heteroatoms. The Bertz CT molecular complexity index is 922. The van der Waals surface area contributed by atoms with Crippen LogP contribution in [0, 0.1) is 5.41 Å². The molecule has 2 unspecified atom stereocenters. The highest BCUT2D eigenvalue weighted by Crippen LogP contribution is 2.44. The van der Waals surface area contributed by atoms with E-state index in [0.29, 0.717) is 37.1 Å². The van der Waals surface area contributed by atoms with Gasteiger partial charge in [-0.1, -0.05) is 32.4 Å². The van der Waals surface area contributed by atoms with E-state index in [1.165, 1.54) is 20.9 Å². The molecular weight excluding hydrogens is 430 g/mol. The number of carbonyl (C=O) groups is 3. The molecule has 0 spiro atoms. The summed E-state index contributed by atoms with van der Waals surface area (Å²) in [6, 6.07) is 6.66. The van der Waals surface area contributed by atoms with Gasteiger partial charge in [-0.2, -0.15) is 0 Å². The first-order chi connectivity index (χ1) is 16.2. The molecule has 4 rings (SSSR count). The first-order valence-electron chi connectivity index (χ1n) is 12.7. The fourth-order valence-corrected chi connectivity index (χ4v) is 5.93. The zero-order chi connectivity index (χ0) is 24.5. The summed E-state index contributed by atoms with van der Waals surface area (Å²) in [4.78, 5) is 42.3. The monoisotopic (exact) mass is 469 g/mol. The fraction of sp³-hybridized carbons (Fsp3) is 0.667. The molecule has 186 valence electrons. The SMILES string of the molecule is CN(C)C(=O)Oc1cccc2c1CCC1C2CCN1CCCCCN1C(=O)CC(C)(C)CC1=O. The van der Waals surface area contributed by atoms with Crippen molar-refractivity contribution in [1.29, 1.82) is 0 Å². The molecule has 2 aliphatic heterocycles. The van der Waals surface area contributed by atoms with E-state index in [2.05, 4.69) is 11.0 Å². The molecule has 7 nitrogen and oxygen atoms in total. The minimum Gasteiger partial charge on any atom is -0.410 e. The smallest absolute Gasteiger partial charge is 0.410 e. The first-order valence-corrected chi connectivity index (χ1v) is 12.7. The number of benzene rings is 1. The predicted molar refractivity (Wildman–Crippen MR) is 131 cm³/mol. The first kappa shape index (κ1) is 24.7. The number of unbranched alkanes of at least 4 members (excludes halogenated alkanes) is 2. The third-order valence-electron chi connectivity index (χ3n) is 7.67. The van der Waals surface area contributed by atoms with Crippen molar-refractivity contribution >= 4 is 17.9 Å². The van der Waals surface area contributed by atoms with Gasteiger partial charge >= 0.3 is 6.09 Å². The molecule has 0 N–H and O–H groups in total. The van der Waals surface area contributed by atoms with Crippen LogP contribution < -0.4 is 4.74 Å². The highest BCUT2D eigenvalue weighted by Gasteiger charge is 2.39. The molecule has 2 atom stereocenters. The zero-order valence-corrected chi connectivity index (χ0v) is 21.1. The second-order valence-electron chi connectivity index (χ2n) is 11.1. The van der Waals surface area contributed by atoms with Gasteiger partial charge in [0.1, 0.15) is 5.75 Å². The Hall–Kier alpha value is -2.41. The molecule has 1 aromatic rings. The number of ether oxygens (including phenoxy) is 1. The lowest BCUT2D eigenvalue weighted by molar-refractivity contribution is -0.152. The molecule has 34 heavy (non-hydrogen) atoms. The number of hydrogen-bond acceptors (Lipinski definition) is 5. The van der Waals surface area contributed by atoms with Gasteiger partial charge in [0, 0.05) is 45.4 Å². The van der Waals surface area contributed by atoms with E-state index in [0.717, 1.165) is 51.6 Å². The second-order valence-corrected chi connectivity index (χ2v) is 11.1. The zero-order valence-electron chi connectivity index (χ0n) is 21.1. The van der Waals surface area contributed by atoms with E-state index in [-0.39, 0.29) is 23.3 Å². The largest absolute Gasteiger partial charge is 0.414 e. The number of rotatable bonds is 7. The van der Waals surface area contributed by atoms with E-state index < -0.39 is 0 Å². The van der Waals surface area contributed by atoms with Gasteiger partial charge in [-0.05, 0) is 67.8 Å². The average Bonchev–Trinajstić information content (AvgIpc) is 3.18. The summed E-state index contributed by atoms with van der Waals surface area (Å²) in [5.74, 6) is 1.17. The van der Waals surface area contributed by atoms with Crippen molar-refractivity contribution in [2.45, 2.75) is 77.2 Å². The highest BCUT2D eigenvalue weighted by molar-refractivity contribution is 5.98. The maximum Gasteiger partial charge on any atom is 0.414 e. The number of fused-ring (bicyclic) bond motifs is 3. The number of imide groups is 1. The summed E-state index contributed by atoms with van der Waals surface area (Å²) in [6.45, 7) is 6.69. The number of amides is 3. The third kappa shape index (κ3) is 5.29. The van der Waals surface area contributed by atoms with E-state index >= 15 is 0 Å². The van der Waals surface area contributed by atoms with Crippen LogP contribution in [0.2, 0.25) is 0 Å². The number of likely N-dealkylation sites (tertiary alicyclic amines) is 2. The van der Waals surface area contributed by atoms with Crippen LogP contribution >= 0.6 is 0 Å². The van der Waals surface area contributed by atoms with Gasteiger partial charge in [0.25, 0.3) is 0 Å². The molecule has 0 saturated carbocycles. The van der Waals surface area contributed by atoms with Gasteiger partial charge in [0.15, 0.2) is 0 Å². The van der Waals surface area contributed by atoms with Crippen LogP contribution in [0.15, 0.2) is 18.2 Å². The molecule has 1 aliphatic carbocycles. The molecular formula is C27H39N3O4. The minimum absolute atomic E-state index is 0.0138. The molecule has 0 radical (unpaired) electrons. The van der Waals surface area contributed by atoms with Crippen LogP contribution in [0.25, 0.3) is 0 Å². The summed E-state index contributed by atoms with van der Waals surface area (Å²) in [5, 5.41) is 0. The predicted octanol–water partition coefficient (Wildman–Crippen LogP) is 4.20.